The lowest BCUT2D eigenvalue weighted by atomic mass is 9.77. The Morgan fingerprint density at radius 2 is 2.03 bits per heavy atom. The van der Waals surface area contributed by atoms with Crippen molar-refractivity contribution < 1.29 is 19.4 Å². The summed E-state index contributed by atoms with van der Waals surface area (Å²) in [5, 5.41) is 19.9. The molecule has 1 aliphatic rings. The van der Waals surface area contributed by atoms with Gasteiger partial charge in [0.15, 0.2) is 0 Å². The lowest BCUT2D eigenvalue weighted by Crippen LogP contribution is -2.32. The van der Waals surface area contributed by atoms with Gasteiger partial charge in [-0.3, -0.25) is 4.79 Å². The van der Waals surface area contributed by atoms with Crippen molar-refractivity contribution >= 4 is 22.6 Å². The number of hydrogen-bond donors (Lipinski definition) is 2. The summed E-state index contributed by atoms with van der Waals surface area (Å²) < 4.78 is 10.6. The number of pyridine rings is 1. The largest absolute Gasteiger partial charge is 0.487 e. The maximum Gasteiger partial charge on any atom is 0.308 e. The predicted molar refractivity (Wildman–Crippen MR) is 114 cm³/mol. The number of para-hydroxylation sites is 1. The van der Waals surface area contributed by atoms with Gasteiger partial charge in [0.2, 0.25) is 0 Å². The molecule has 0 aliphatic heterocycles. The second kappa shape index (κ2) is 8.63. The number of aromatic nitrogens is 1. The number of rotatable bonds is 6. The van der Waals surface area contributed by atoms with Crippen LogP contribution < -0.4 is 4.74 Å². The molecule has 0 saturated heterocycles. The van der Waals surface area contributed by atoms with Gasteiger partial charge in [0.1, 0.15) is 12.4 Å². The van der Waals surface area contributed by atoms with Crippen LogP contribution in [0.3, 0.4) is 0 Å². The van der Waals surface area contributed by atoms with Crippen LogP contribution in [-0.4, -0.2) is 35.0 Å². The monoisotopic (exact) mass is 404 g/mol. The van der Waals surface area contributed by atoms with Crippen LogP contribution >= 0.6 is 0 Å². The number of methoxy groups -OCH3 is 1. The molecule has 0 radical (unpaired) electrons. The van der Waals surface area contributed by atoms with E-state index in [1.54, 1.807) is 0 Å². The van der Waals surface area contributed by atoms with Crippen LogP contribution in [0.1, 0.15) is 35.6 Å². The number of carbonyl (C=O) groups is 1. The van der Waals surface area contributed by atoms with E-state index in [0.717, 1.165) is 33.5 Å². The van der Waals surface area contributed by atoms with Crippen LogP contribution in [0.2, 0.25) is 0 Å². The molecule has 2 unspecified atom stereocenters. The maximum atomic E-state index is 11.6. The molecule has 1 aromatic heterocycles. The van der Waals surface area contributed by atoms with E-state index in [9.17, 15) is 9.90 Å². The zero-order chi connectivity index (χ0) is 21.1. The Bertz CT molecular complexity index is 1100. The number of aliphatic hydroxyl groups is 1. The first-order valence-corrected chi connectivity index (χ1v) is 9.97. The number of esters is 1. The van der Waals surface area contributed by atoms with Crippen molar-refractivity contribution in [1.29, 1.82) is 5.41 Å². The Hall–Kier alpha value is -3.25. The maximum absolute atomic E-state index is 11.6. The SMILES string of the molecule is COC(=O)CC(O)C1C(=N)CCc2cc(OCc3ccc4ccccc4n3)ccc21. The standard InChI is InChI=1S/C24H24N2O4/c1-29-23(28)13-22(27)24-19-10-9-18(12-16(19)7-11-20(24)25)30-14-17-8-6-15-4-2-3-5-21(15)26-17/h2-6,8-10,12,22,24-25,27H,7,11,13-14H2,1H3. The summed E-state index contributed by atoms with van der Waals surface area (Å²) in [5.41, 5.74) is 4.13. The minimum absolute atomic E-state index is 0.130. The van der Waals surface area contributed by atoms with Crippen LogP contribution in [0.5, 0.6) is 5.75 Å². The molecular weight excluding hydrogens is 380 g/mol. The fourth-order valence-electron chi connectivity index (χ4n) is 3.96. The number of carbonyl (C=O) groups excluding carboxylic acids is 1. The summed E-state index contributed by atoms with van der Waals surface area (Å²) in [6.45, 7) is 0.355. The Kier molecular flexibility index (Phi) is 5.77. The van der Waals surface area contributed by atoms with Crippen LogP contribution in [0.4, 0.5) is 0 Å². The third-order valence-electron chi connectivity index (χ3n) is 5.52. The van der Waals surface area contributed by atoms with Gasteiger partial charge < -0.3 is 20.0 Å². The molecule has 2 N–H and O–H groups in total. The zero-order valence-electron chi connectivity index (χ0n) is 16.8. The molecule has 1 heterocycles. The quantitative estimate of drug-likeness (QED) is 0.610. The molecule has 0 bridgehead atoms. The molecule has 0 saturated carbocycles. The van der Waals surface area contributed by atoms with Gasteiger partial charge in [-0.1, -0.05) is 30.3 Å². The van der Waals surface area contributed by atoms with E-state index in [1.165, 1.54) is 7.11 Å². The first-order chi connectivity index (χ1) is 14.5. The van der Waals surface area contributed by atoms with E-state index in [4.69, 9.17) is 10.1 Å². The van der Waals surface area contributed by atoms with E-state index in [-0.39, 0.29) is 6.42 Å². The Balaban J connectivity index is 1.50. The first kappa shape index (κ1) is 20.0. The molecular formula is C24H24N2O4. The van der Waals surface area contributed by atoms with Gasteiger partial charge in [-0.15, -0.1) is 0 Å². The highest BCUT2D eigenvalue weighted by atomic mass is 16.5. The molecule has 0 amide bonds. The zero-order valence-corrected chi connectivity index (χ0v) is 16.8. The first-order valence-electron chi connectivity index (χ1n) is 9.97. The molecule has 1 aliphatic carbocycles. The van der Waals surface area contributed by atoms with Gasteiger partial charge in [-0.05, 0) is 48.2 Å². The average molecular weight is 404 g/mol. The summed E-state index contributed by atoms with van der Waals surface area (Å²) in [4.78, 5) is 16.2. The molecule has 6 heteroatoms. The minimum Gasteiger partial charge on any atom is -0.487 e. The Labute approximate surface area is 175 Å². The number of aliphatic hydroxyl groups excluding tert-OH is 1. The smallest absolute Gasteiger partial charge is 0.308 e. The van der Waals surface area contributed by atoms with Crippen molar-refractivity contribution in [3.05, 3.63) is 71.4 Å². The second-order valence-corrected chi connectivity index (χ2v) is 7.50. The number of fused-ring (bicyclic) bond motifs is 2. The fraction of sp³-hybridized carbons (Fsp3) is 0.292. The Morgan fingerprint density at radius 1 is 1.20 bits per heavy atom. The van der Waals surface area contributed by atoms with Gasteiger partial charge in [0, 0.05) is 17.0 Å². The molecule has 0 fully saturated rings. The minimum atomic E-state index is -0.974. The third-order valence-corrected chi connectivity index (χ3v) is 5.52. The number of aryl methyl sites for hydroxylation is 1. The van der Waals surface area contributed by atoms with Crippen molar-refractivity contribution in [3.63, 3.8) is 0 Å². The molecule has 6 nitrogen and oxygen atoms in total. The molecule has 154 valence electrons. The molecule has 4 rings (SSSR count). The summed E-state index contributed by atoms with van der Waals surface area (Å²) in [6, 6.07) is 17.6. The van der Waals surface area contributed by atoms with Gasteiger partial charge in [-0.2, -0.15) is 0 Å². The number of nitrogens with one attached hydrogen (secondary N) is 1. The van der Waals surface area contributed by atoms with Crippen molar-refractivity contribution in [3.8, 4) is 5.75 Å². The van der Waals surface area contributed by atoms with E-state index < -0.39 is 18.0 Å². The van der Waals surface area contributed by atoms with Gasteiger partial charge in [0.05, 0.1) is 30.8 Å². The highest BCUT2D eigenvalue weighted by molar-refractivity contribution is 5.91. The normalized spacial score (nSPS) is 16.7. The van der Waals surface area contributed by atoms with Crippen molar-refractivity contribution in [2.75, 3.05) is 7.11 Å². The lowest BCUT2D eigenvalue weighted by Gasteiger charge is -2.30. The lowest BCUT2D eigenvalue weighted by molar-refractivity contribution is -0.142. The highest BCUT2D eigenvalue weighted by Gasteiger charge is 2.32. The van der Waals surface area contributed by atoms with E-state index in [1.807, 2.05) is 54.6 Å². The van der Waals surface area contributed by atoms with Crippen molar-refractivity contribution in [2.45, 2.75) is 37.9 Å². The van der Waals surface area contributed by atoms with Gasteiger partial charge >= 0.3 is 5.97 Å². The molecule has 3 aromatic rings. The van der Waals surface area contributed by atoms with Crippen molar-refractivity contribution in [1.82, 2.24) is 4.98 Å². The second-order valence-electron chi connectivity index (χ2n) is 7.50. The summed E-state index contributed by atoms with van der Waals surface area (Å²) in [6.07, 6.45) is 0.152. The summed E-state index contributed by atoms with van der Waals surface area (Å²) >= 11 is 0. The van der Waals surface area contributed by atoms with E-state index in [2.05, 4.69) is 9.72 Å². The predicted octanol–water partition coefficient (Wildman–Crippen LogP) is 3.79. The molecule has 2 aromatic carbocycles. The third kappa shape index (κ3) is 4.19. The number of ether oxygens (including phenoxy) is 2. The molecule has 2 atom stereocenters. The number of benzene rings is 2. The van der Waals surface area contributed by atoms with Gasteiger partial charge in [-0.25, -0.2) is 4.98 Å². The van der Waals surface area contributed by atoms with Crippen LogP contribution in [-0.2, 0) is 22.6 Å². The molecule has 0 spiro atoms. The van der Waals surface area contributed by atoms with E-state index >= 15 is 0 Å². The van der Waals surface area contributed by atoms with Gasteiger partial charge in [0.25, 0.3) is 0 Å². The number of hydrogen-bond acceptors (Lipinski definition) is 6. The fourth-order valence-corrected chi connectivity index (χ4v) is 3.96. The Morgan fingerprint density at radius 3 is 2.87 bits per heavy atom. The molecule has 30 heavy (non-hydrogen) atoms. The van der Waals surface area contributed by atoms with Crippen LogP contribution in [0, 0.1) is 5.41 Å². The van der Waals surface area contributed by atoms with Crippen LogP contribution in [0.15, 0.2) is 54.6 Å². The number of nitrogens with zero attached hydrogens (tertiary/aromatic N) is 1. The highest BCUT2D eigenvalue weighted by Crippen LogP contribution is 2.35. The van der Waals surface area contributed by atoms with E-state index in [0.29, 0.717) is 25.2 Å². The topological polar surface area (TPSA) is 92.5 Å². The van der Waals surface area contributed by atoms with Crippen molar-refractivity contribution in [2.24, 2.45) is 0 Å². The summed E-state index contributed by atoms with van der Waals surface area (Å²) in [5.74, 6) is -0.257. The van der Waals surface area contributed by atoms with Crippen LogP contribution in [0.25, 0.3) is 10.9 Å². The average Bonchev–Trinajstić information content (AvgIpc) is 2.77. The summed E-state index contributed by atoms with van der Waals surface area (Å²) in [7, 11) is 1.29.